The van der Waals surface area contributed by atoms with Crippen molar-refractivity contribution in [2.45, 2.75) is 13.8 Å². The quantitative estimate of drug-likeness (QED) is 0.800. The van der Waals surface area contributed by atoms with Crippen LogP contribution in [0.1, 0.15) is 13.8 Å². The highest BCUT2D eigenvalue weighted by atomic mass is 35.5. The van der Waals surface area contributed by atoms with Crippen LogP contribution in [-0.4, -0.2) is 24.0 Å². The highest BCUT2D eigenvalue weighted by molar-refractivity contribution is 6.33. The van der Waals surface area contributed by atoms with Crippen molar-refractivity contribution in [1.82, 2.24) is 4.90 Å². The van der Waals surface area contributed by atoms with Crippen LogP contribution in [0.5, 0.6) is 0 Å². The number of halogens is 1. The predicted octanol–water partition coefficient (Wildman–Crippen LogP) is 2.80. The number of benzene rings is 1. The van der Waals surface area contributed by atoms with Gasteiger partial charge in [0, 0.05) is 18.8 Å². The van der Waals surface area contributed by atoms with Crippen LogP contribution in [0.3, 0.4) is 0 Å². The van der Waals surface area contributed by atoms with E-state index in [1.54, 1.807) is 23.1 Å². The summed E-state index contributed by atoms with van der Waals surface area (Å²) in [5.41, 5.74) is 6.75. The lowest BCUT2D eigenvalue weighted by Gasteiger charge is -2.19. The van der Waals surface area contributed by atoms with Gasteiger partial charge in [-0.15, -0.1) is 0 Å². The minimum Gasteiger partial charge on any atom is -0.397 e. The zero-order valence-corrected chi connectivity index (χ0v) is 10.2. The molecule has 3 N–H and O–H groups in total. The molecule has 0 unspecified atom stereocenters. The Morgan fingerprint density at radius 1 is 1.44 bits per heavy atom. The maximum atomic E-state index is 11.7. The summed E-state index contributed by atoms with van der Waals surface area (Å²) < 4.78 is 0. The molecule has 88 valence electrons. The van der Waals surface area contributed by atoms with Gasteiger partial charge >= 0.3 is 6.03 Å². The fraction of sp³-hybridized carbons (Fsp3) is 0.364. The van der Waals surface area contributed by atoms with Crippen molar-refractivity contribution in [2.24, 2.45) is 0 Å². The molecular weight excluding hydrogens is 226 g/mol. The van der Waals surface area contributed by atoms with E-state index in [4.69, 9.17) is 17.3 Å². The lowest BCUT2D eigenvalue weighted by molar-refractivity contribution is 0.217. The Balaban J connectivity index is 2.73. The average Bonchev–Trinajstić information content (AvgIpc) is 2.25. The Kier molecular flexibility index (Phi) is 4.43. The first-order chi connectivity index (χ1) is 7.58. The second-order valence-corrected chi connectivity index (χ2v) is 3.75. The number of carbonyl (C=O) groups is 1. The molecule has 0 fully saturated rings. The zero-order chi connectivity index (χ0) is 12.1. The van der Waals surface area contributed by atoms with Gasteiger partial charge in [0.15, 0.2) is 0 Å². The predicted molar refractivity (Wildman–Crippen MR) is 67.8 cm³/mol. The first-order valence-corrected chi connectivity index (χ1v) is 5.57. The summed E-state index contributed by atoms with van der Waals surface area (Å²) in [5.74, 6) is 0. The van der Waals surface area contributed by atoms with E-state index in [0.29, 0.717) is 29.5 Å². The molecule has 2 amide bonds. The molecule has 16 heavy (non-hydrogen) atoms. The van der Waals surface area contributed by atoms with Crippen LogP contribution >= 0.6 is 11.6 Å². The third-order valence-electron chi connectivity index (χ3n) is 2.30. The third-order valence-corrected chi connectivity index (χ3v) is 2.64. The Labute approximate surface area is 100 Å². The number of carbonyl (C=O) groups excluding carboxylic acids is 1. The molecule has 1 aromatic rings. The summed E-state index contributed by atoms with van der Waals surface area (Å²) in [6.45, 7) is 5.20. The number of hydrogen-bond donors (Lipinski definition) is 2. The average molecular weight is 242 g/mol. The minimum atomic E-state index is -0.133. The largest absolute Gasteiger partial charge is 0.397 e. The molecule has 0 saturated carbocycles. The molecule has 0 aliphatic heterocycles. The molecular formula is C11H16ClN3O. The molecule has 0 heterocycles. The zero-order valence-electron chi connectivity index (χ0n) is 9.46. The second-order valence-electron chi connectivity index (χ2n) is 3.34. The number of nitrogens with one attached hydrogen (secondary N) is 1. The topological polar surface area (TPSA) is 58.4 Å². The maximum absolute atomic E-state index is 11.7. The molecule has 0 saturated heterocycles. The SMILES string of the molecule is CCN(CC)C(=O)Nc1ccc(Cl)c(N)c1. The van der Waals surface area contributed by atoms with Gasteiger partial charge in [-0.2, -0.15) is 0 Å². The van der Waals surface area contributed by atoms with E-state index in [0.717, 1.165) is 0 Å². The van der Waals surface area contributed by atoms with Gasteiger partial charge in [-0.05, 0) is 32.0 Å². The summed E-state index contributed by atoms with van der Waals surface area (Å²) >= 11 is 5.79. The van der Waals surface area contributed by atoms with Crippen LogP contribution in [0.4, 0.5) is 16.2 Å². The maximum Gasteiger partial charge on any atom is 0.321 e. The molecule has 0 radical (unpaired) electrons. The molecule has 0 aromatic heterocycles. The Morgan fingerprint density at radius 3 is 2.56 bits per heavy atom. The van der Waals surface area contributed by atoms with Crippen molar-refractivity contribution in [3.63, 3.8) is 0 Å². The van der Waals surface area contributed by atoms with Crippen molar-refractivity contribution < 1.29 is 4.79 Å². The van der Waals surface area contributed by atoms with Gasteiger partial charge < -0.3 is 16.0 Å². The molecule has 1 rings (SSSR count). The monoisotopic (exact) mass is 241 g/mol. The Hall–Kier alpha value is -1.42. The third kappa shape index (κ3) is 3.03. The van der Waals surface area contributed by atoms with Crippen molar-refractivity contribution in [3.8, 4) is 0 Å². The van der Waals surface area contributed by atoms with Crippen LogP contribution in [0.25, 0.3) is 0 Å². The number of amides is 2. The van der Waals surface area contributed by atoms with E-state index >= 15 is 0 Å². The van der Waals surface area contributed by atoms with E-state index in [-0.39, 0.29) is 6.03 Å². The summed E-state index contributed by atoms with van der Waals surface area (Å²) in [6, 6.07) is 4.89. The van der Waals surface area contributed by atoms with Gasteiger partial charge in [-0.3, -0.25) is 0 Å². The van der Waals surface area contributed by atoms with Gasteiger partial charge in [0.2, 0.25) is 0 Å². The summed E-state index contributed by atoms with van der Waals surface area (Å²) in [4.78, 5) is 13.4. The molecule has 0 spiro atoms. The van der Waals surface area contributed by atoms with Crippen LogP contribution in [-0.2, 0) is 0 Å². The van der Waals surface area contributed by atoms with Crippen LogP contribution in [0, 0.1) is 0 Å². The molecule has 4 nitrogen and oxygen atoms in total. The van der Waals surface area contributed by atoms with Crippen LogP contribution < -0.4 is 11.1 Å². The first-order valence-electron chi connectivity index (χ1n) is 5.19. The number of rotatable bonds is 3. The fourth-order valence-corrected chi connectivity index (χ4v) is 1.45. The van der Waals surface area contributed by atoms with Gasteiger partial charge in [-0.25, -0.2) is 4.79 Å². The minimum absolute atomic E-state index is 0.133. The molecule has 5 heteroatoms. The highest BCUT2D eigenvalue weighted by Gasteiger charge is 2.09. The summed E-state index contributed by atoms with van der Waals surface area (Å²) in [7, 11) is 0. The highest BCUT2D eigenvalue weighted by Crippen LogP contribution is 2.22. The van der Waals surface area contributed by atoms with Crippen molar-refractivity contribution in [3.05, 3.63) is 23.2 Å². The van der Waals surface area contributed by atoms with E-state index in [1.165, 1.54) is 0 Å². The van der Waals surface area contributed by atoms with Crippen LogP contribution in [0.2, 0.25) is 5.02 Å². The number of nitrogens with zero attached hydrogens (tertiary/aromatic N) is 1. The summed E-state index contributed by atoms with van der Waals surface area (Å²) in [6.07, 6.45) is 0. The molecule has 0 aliphatic rings. The van der Waals surface area contributed by atoms with E-state index < -0.39 is 0 Å². The van der Waals surface area contributed by atoms with Gasteiger partial charge in [0.05, 0.1) is 10.7 Å². The normalized spacial score (nSPS) is 9.94. The number of urea groups is 1. The number of anilines is 2. The fourth-order valence-electron chi connectivity index (χ4n) is 1.33. The lowest BCUT2D eigenvalue weighted by Crippen LogP contribution is -2.34. The van der Waals surface area contributed by atoms with Gasteiger partial charge in [0.25, 0.3) is 0 Å². The smallest absolute Gasteiger partial charge is 0.321 e. The van der Waals surface area contributed by atoms with Gasteiger partial charge in [0.1, 0.15) is 0 Å². The van der Waals surface area contributed by atoms with E-state index in [9.17, 15) is 4.79 Å². The number of hydrogen-bond acceptors (Lipinski definition) is 2. The van der Waals surface area contributed by atoms with Crippen molar-refractivity contribution in [1.29, 1.82) is 0 Å². The number of nitrogen functional groups attached to an aromatic ring is 1. The van der Waals surface area contributed by atoms with E-state index in [2.05, 4.69) is 5.32 Å². The van der Waals surface area contributed by atoms with Crippen LogP contribution in [0.15, 0.2) is 18.2 Å². The standard InChI is InChI=1S/C11H16ClN3O/c1-3-15(4-2)11(16)14-8-5-6-9(12)10(13)7-8/h5-7H,3-4,13H2,1-2H3,(H,14,16). The van der Waals surface area contributed by atoms with Crippen molar-refractivity contribution in [2.75, 3.05) is 24.1 Å². The summed E-state index contributed by atoms with van der Waals surface area (Å²) in [5, 5.41) is 3.25. The molecule has 0 atom stereocenters. The van der Waals surface area contributed by atoms with Crippen molar-refractivity contribution >= 4 is 29.0 Å². The molecule has 0 bridgehead atoms. The lowest BCUT2D eigenvalue weighted by atomic mass is 10.3. The molecule has 1 aromatic carbocycles. The first kappa shape index (κ1) is 12.6. The van der Waals surface area contributed by atoms with Gasteiger partial charge in [-0.1, -0.05) is 11.6 Å². The second kappa shape index (κ2) is 5.61. The number of nitrogens with two attached hydrogens (primary N) is 1. The van der Waals surface area contributed by atoms with E-state index in [1.807, 2.05) is 13.8 Å². The Bertz CT molecular complexity index is 377. The Morgan fingerprint density at radius 2 is 2.06 bits per heavy atom. The molecule has 0 aliphatic carbocycles.